The predicted octanol–water partition coefficient (Wildman–Crippen LogP) is 6.45. The Balaban J connectivity index is 3.59. The molecule has 30 heavy (non-hydrogen) atoms. The van der Waals surface area contributed by atoms with E-state index in [0.717, 1.165) is 32.1 Å². The van der Waals surface area contributed by atoms with Gasteiger partial charge in [0.05, 0.1) is 12.1 Å². The summed E-state index contributed by atoms with van der Waals surface area (Å²) in [6, 6.07) is -0.856. The van der Waals surface area contributed by atoms with Gasteiger partial charge < -0.3 is 15.9 Å². The fraction of sp³-hybridized carbons (Fsp3) is 0.962. The molecule has 180 valence electrons. The Bertz CT molecular complexity index is 375. The van der Waals surface area contributed by atoms with Crippen molar-refractivity contribution in [2.75, 3.05) is 0 Å². The van der Waals surface area contributed by atoms with E-state index in [1.54, 1.807) is 0 Å². The average molecular weight is 428 g/mol. The van der Waals surface area contributed by atoms with Crippen molar-refractivity contribution in [1.82, 2.24) is 0 Å². The summed E-state index contributed by atoms with van der Waals surface area (Å²) in [7, 11) is 0. The van der Waals surface area contributed by atoms with Crippen LogP contribution >= 0.6 is 0 Å². The molecular formula is C26H53NO3. The highest BCUT2D eigenvalue weighted by Crippen LogP contribution is 2.15. The summed E-state index contributed by atoms with van der Waals surface area (Å²) >= 11 is 0. The smallest absolute Gasteiger partial charge is 0.162 e. The van der Waals surface area contributed by atoms with Crippen LogP contribution in [-0.2, 0) is 4.79 Å². The second kappa shape index (κ2) is 21.8. The van der Waals surface area contributed by atoms with Crippen LogP contribution in [0, 0.1) is 0 Å². The van der Waals surface area contributed by atoms with Gasteiger partial charge in [-0.2, -0.15) is 0 Å². The molecule has 0 saturated carbocycles. The zero-order valence-electron chi connectivity index (χ0n) is 20.3. The van der Waals surface area contributed by atoms with Crippen LogP contribution in [0.5, 0.6) is 0 Å². The number of aliphatic hydroxyl groups is 2. The van der Waals surface area contributed by atoms with Crippen molar-refractivity contribution < 1.29 is 15.0 Å². The van der Waals surface area contributed by atoms with Gasteiger partial charge in [-0.1, -0.05) is 123 Å². The molecule has 4 heteroatoms. The van der Waals surface area contributed by atoms with Gasteiger partial charge in [-0.15, -0.1) is 0 Å². The fourth-order valence-corrected chi connectivity index (χ4v) is 4.04. The van der Waals surface area contributed by atoms with Gasteiger partial charge in [-0.05, 0) is 12.8 Å². The molecule has 0 heterocycles. The summed E-state index contributed by atoms with van der Waals surface area (Å²) in [5.74, 6) is -0.219. The van der Waals surface area contributed by atoms with E-state index < -0.39 is 18.2 Å². The average Bonchev–Trinajstić information content (AvgIpc) is 2.75. The van der Waals surface area contributed by atoms with Crippen molar-refractivity contribution in [3.63, 3.8) is 0 Å². The van der Waals surface area contributed by atoms with Gasteiger partial charge >= 0.3 is 0 Å². The SMILES string of the molecule is CCCCCCCCCCCCCCC[C@@H](O)[C@H](N)C(O)C(=O)CCCCCCC. The van der Waals surface area contributed by atoms with E-state index in [4.69, 9.17) is 5.73 Å². The number of aliphatic hydroxyl groups excluding tert-OH is 2. The Morgan fingerprint density at radius 3 is 1.43 bits per heavy atom. The Kier molecular flexibility index (Phi) is 21.4. The largest absolute Gasteiger partial charge is 0.391 e. The highest BCUT2D eigenvalue weighted by atomic mass is 16.3. The zero-order chi connectivity index (χ0) is 22.5. The summed E-state index contributed by atoms with van der Waals surface area (Å²) in [6.45, 7) is 4.42. The predicted molar refractivity (Wildman–Crippen MR) is 129 cm³/mol. The number of carbonyl (C=O) groups excluding carboxylic acids is 1. The van der Waals surface area contributed by atoms with Crippen LogP contribution in [0.4, 0.5) is 0 Å². The molecule has 0 fully saturated rings. The minimum Gasteiger partial charge on any atom is -0.391 e. The lowest BCUT2D eigenvalue weighted by atomic mass is 9.95. The Morgan fingerprint density at radius 2 is 1.00 bits per heavy atom. The highest BCUT2D eigenvalue weighted by Gasteiger charge is 2.27. The molecule has 0 aliphatic carbocycles. The summed E-state index contributed by atoms with van der Waals surface area (Å²) in [5, 5.41) is 20.3. The lowest BCUT2D eigenvalue weighted by Crippen LogP contribution is -2.48. The van der Waals surface area contributed by atoms with Crippen LogP contribution in [-0.4, -0.2) is 34.2 Å². The molecule has 4 nitrogen and oxygen atoms in total. The number of Topliss-reactive ketones (excluding diaryl/α,β-unsaturated/α-hetero) is 1. The summed E-state index contributed by atoms with van der Waals surface area (Å²) < 4.78 is 0. The molecular weight excluding hydrogens is 374 g/mol. The van der Waals surface area contributed by atoms with Crippen LogP contribution in [0.15, 0.2) is 0 Å². The fourth-order valence-electron chi connectivity index (χ4n) is 4.04. The molecule has 0 bridgehead atoms. The molecule has 0 aromatic carbocycles. The Labute approximate surface area is 187 Å². The quantitative estimate of drug-likeness (QED) is 0.164. The van der Waals surface area contributed by atoms with E-state index in [-0.39, 0.29) is 5.78 Å². The maximum atomic E-state index is 12.1. The Morgan fingerprint density at radius 1 is 0.633 bits per heavy atom. The second-order valence-electron chi connectivity index (χ2n) is 9.25. The van der Waals surface area contributed by atoms with Gasteiger partial charge in [0.1, 0.15) is 6.10 Å². The maximum Gasteiger partial charge on any atom is 0.162 e. The number of hydrogen-bond donors (Lipinski definition) is 3. The normalized spacial score (nSPS) is 14.6. The van der Waals surface area contributed by atoms with Crippen molar-refractivity contribution in [3.05, 3.63) is 0 Å². The lowest BCUT2D eigenvalue weighted by molar-refractivity contribution is -0.129. The molecule has 0 rings (SSSR count). The Hall–Kier alpha value is -0.450. The third-order valence-electron chi connectivity index (χ3n) is 6.27. The number of hydrogen-bond acceptors (Lipinski definition) is 4. The molecule has 3 atom stereocenters. The number of nitrogens with two attached hydrogens (primary N) is 1. The van der Waals surface area contributed by atoms with Crippen molar-refractivity contribution in [1.29, 1.82) is 0 Å². The molecule has 0 aliphatic rings. The molecule has 0 spiro atoms. The molecule has 0 radical (unpaired) electrons. The van der Waals surface area contributed by atoms with E-state index >= 15 is 0 Å². The summed E-state index contributed by atoms with van der Waals surface area (Å²) in [6.07, 6.45) is 21.0. The number of carbonyl (C=O) groups is 1. The maximum absolute atomic E-state index is 12.1. The molecule has 0 aromatic rings. The second-order valence-corrected chi connectivity index (χ2v) is 9.25. The third-order valence-corrected chi connectivity index (χ3v) is 6.27. The first-order chi connectivity index (χ1) is 14.5. The molecule has 0 aromatic heterocycles. The van der Waals surface area contributed by atoms with Crippen molar-refractivity contribution in [3.8, 4) is 0 Å². The van der Waals surface area contributed by atoms with Gasteiger partial charge in [-0.3, -0.25) is 4.79 Å². The van der Waals surface area contributed by atoms with Gasteiger partial charge in [0.2, 0.25) is 0 Å². The topological polar surface area (TPSA) is 83.6 Å². The van der Waals surface area contributed by atoms with E-state index in [1.165, 1.54) is 83.5 Å². The van der Waals surface area contributed by atoms with Gasteiger partial charge in [0.25, 0.3) is 0 Å². The zero-order valence-corrected chi connectivity index (χ0v) is 20.3. The number of unbranched alkanes of at least 4 members (excludes halogenated alkanes) is 16. The number of ketones is 1. The monoisotopic (exact) mass is 427 g/mol. The van der Waals surface area contributed by atoms with Crippen LogP contribution in [0.1, 0.15) is 142 Å². The van der Waals surface area contributed by atoms with Gasteiger partial charge in [-0.25, -0.2) is 0 Å². The van der Waals surface area contributed by atoms with Crippen molar-refractivity contribution in [2.24, 2.45) is 5.73 Å². The molecule has 1 unspecified atom stereocenters. The molecule has 0 amide bonds. The number of rotatable bonds is 23. The first-order valence-corrected chi connectivity index (χ1v) is 13.2. The molecule has 0 aliphatic heterocycles. The van der Waals surface area contributed by atoms with Crippen LogP contribution in [0.25, 0.3) is 0 Å². The van der Waals surface area contributed by atoms with Gasteiger partial charge in [0.15, 0.2) is 5.78 Å². The van der Waals surface area contributed by atoms with Crippen LogP contribution in [0.3, 0.4) is 0 Å². The summed E-state index contributed by atoms with van der Waals surface area (Å²) in [5.41, 5.74) is 5.94. The first-order valence-electron chi connectivity index (χ1n) is 13.2. The highest BCUT2D eigenvalue weighted by molar-refractivity contribution is 5.83. The van der Waals surface area contributed by atoms with E-state index in [1.807, 2.05) is 0 Å². The van der Waals surface area contributed by atoms with Crippen molar-refractivity contribution in [2.45, 2.75) is 161 Å². The third kappa shape index (κ3) is 17.3. The van der Waals surface area contributed by atoms with Crippen molar-refractivity contribution >= 4 is 5.78 Å². The standard InChI is InChI=1S/C26H53NO3/c1-3-5-7-9-10-11-12-13-14-15-16-18-19-21-23(28)25(27)26(30)24(29)22-20-17-8-6-4-2/h23,25-26,28,30H,3-22,27H2,1-2H3/t23-,25+,26?/m1/s1. The van der Waals surface area contributed by atoms with Crippen LogP contribution < -0.4 is 5.73 Å². The minimum absolute atomic E-state index is 0.219. The lowest BCUT2D eigenvalue weighted by Gasteiger charge is -2.23. The van der Waals surface area contributed by atoms with E-state index in [0.29, 0.717) is 12.8 Å². The molecule has 0 saturated heterocycles. The summed E-state index contributed by atoms with van der Waals surface area (Å²) in [4.78, 5) is 12.1. The van der Waals surface area contributed by atoms with E-state index in [9.17, 15) is 15.0 Å². The van der Waals surface area contributed by atoms with Gasteiger partial charge in [0, 0.05) is 6.42 Å². The minimum atomic E-state index is -1.23. The van der Waals surface area contributed by atoms with Crippen LogP contribution in [0.2, 0.25) is 0 Å². The van der Waals surface area contributed by atoms with E-state index in [2.05, 4.69) is 13.8 Å². The first kappa shape index (κ1) is 29.5. The molecule has 4 N–H and O–H groups in total.